The van der Waals surface area contributed by atoms with Gasteiger partial charge in [0.2, 0.25) is 0 Å². The van der Waals surface area contributed by atoms with E-state index >= 15 is 0 Å². The maximum atomic E-state index is 6.01. The van der Waals surface area contributed by atoms with Crippen LogP contribution in [-0.2, 0) is 23.7 Å². The van der Waals surface area contributed by atoms with Gasteiger partial charge in [-0.25, -0.2) is 0 Å². The topological polar surface area (TPSA) is 72.2 Å². The third-order valence-corrected chi connectivity index (χ3v) is 3.06. The summed E-state index contributed by atoms with van der Waals surface area (Å²) in [5, 5.41) is 0. The number of hydrogen-bond acceptors (Lipinski definition) is 6. The lowest BCUT2D eigenvalue weighted by atomic mass is 10.0. The molecule has 2 N–H and O–H groups in total. The van der Waals surface area contributed by atoms with Gasteiger partial charge in [0.1, 0.15) is 0 Å². The first kappa shape index (κ1) is 16.8. The molecule has 2 unspecified atom stereocenters. The van der Waals surface area contributed by atoms with Crippen LogP contribution in [0.5, 0.6) is 0 Å². The SMILES string of the molecule is COCCOCCOCCOCC(N)C1CCOC1. The van der Waals surface area contributed by atoms with Crippen molar-refractivity contribution in [3.8, 4) is 0 Å². The lowest BCUT2D eigenvalue weighted by Gasteiger charge is -2.17. The zero-order valence-electron chi connectivity index (χ0n) is 11.8. The number of nitrogens with two attached hydrogens (primary N) is 1. The van der Waals surface area contributed by atoms with Gasteiger partial charge in [-0.2, -0.15) is 0 Å². The quantitative estimate of drug-likeness (QED) is 0.508. The zero-order chi connectivity index (χ0) is 13.8. The Kier molecular flexibility index (Phi) is 10.2. The Balaban J connectivity index is 1.78. The summed E-state index contributed by atoms with van der Waals surface area (Å²) < 4.78 is 26.3. The van der Waals surface area contributed by atoms with Gasteiger partial charge in [0.15, 0.2) is 0 Å². The molecular weight excluding hydrogens is 250 g/mol. The predicted molar refractivity (Wildman–Crippen MR) is 71.2 cm³/mol. The summed E-state index contributed by atoms with van der Waals surface area (Å²) in [5.41, 5.74) is 6.01. The molecule has 0 aromatic carbocycles. The molecule has 0 saturated carbocycles. The molecular formula is C13H27NO5. The highest BCUT2D eigenvalue weighted by molar-refractivity contribution is 4.75. The largest absolute Gasteiger partial charge is 0.382 e. The Morgan fingerprint density at radius 3 is 2.26 bits per heavy atom. The molecule has 0 radical (unpaired) electrons. The van der Waals surface area contributed by atoms with Crippen LogP contribution in [0.2, 0.25) is 0 Å². The lowest BCUT2D eigenvalue weighted by Crippen LogP contribution is -2.35. The fourth-order valence-corrected chi connectivity index (χ4v) is 1.83. The van der Waals surface area contributed by atoms with Crippen molar-refractivity contribution in [2.45, 2.75) is 12.5 Å². The van der Waals surface area contributed by atoms with Crippen LogP contribution in [0.25, 0.3) is 0 Å². The molecule has 1 aliphatic heterocycles. The van der Waals surface area contributed by atoms with E-state index < -0.39 is 0 Å². The molecule has 1 fully saturated rings. The second-order valence-electron chi connectivity index (χ2n) is 4.58. The molecule has 19 heavy (non-hydrogen) atoms. The Morgan fingerprint density at radius 2 is 1.68 bits per heavy atom. The van der Waals surface area contributed by atoms with Gasteiger partial charge in [0.05, 0.1) is 52.9 Å². The molecule has 1 saturated heterocycles. The Bertz CT molecular complexity index is 199. The fraction of sp³-hybridized carbons (Fsp3) is 1.00. The van der Waals surface area contributed by atoms with Crippen molar-refractivity contribution in [2.24, 2.45) is 11.7 Å². The second kappa shape index (κ2) is 11.6. The summed E-state index contributed by atoms with van der Waals surface area (Å²) in [7, 11) is 1.65. The van der Waals surface area contributed by atoms with Crippen molar-refractivity contribution < 1.29 is 23.7 Å². The molecule has 0 spiro atoms. The Labute approximate surface area is 115 Å². The van der Waals surface area contributed by atoms with Crippen molar-refractivity contribution in [3.05, 3.63) is 0 Å². The first-order valence-electron chi connectivity index (χ1n) is 6.90. The zero-order valence-corrected chi connectivity index (χ0v) is 11.8. The minimum absolute atomic E-state index is 0.0693. The lowest BCUT2D eigenvalue weighted by molar-refractivity contribution is -0.0000357. The van der Waals surface area contributed by atoms with E-state index in [2.05, 4.69) is 0 Å². The van der Waals surface area contributed by atoms with Crippen LogP contribution in [0.15, 0.2) is 0 Å². The van der Waals surface area contributed by atoms with Gasteiger partial charge in [-0.3, -0.25) is 0 Å². The van der Waals surface area contributed by atoms with Crippen molar-refractivity contribution in [1.82, 2.24) is 0 Å². The molecule has 1 aliphatic rings. The molecule has 0 aromatic heterocycles. The van der Waals surface area contributed by atoms with Gasteiger partial charge in [0, 0.05) is 25.7 Å². The summed E-state index contributed by atoms with van der Waals surface area (Å²) in [6, 6.07) is 0.0693. The van der Waals surface area contributed by atoms with E-state index in [1.54, 1.807) is 7.11 Å². The molecule has 6 nitrogen and oxygen atoms in total. The molecule has 2 atom stereocenters. The normalized spacial score (nSPS) is 20.8. The highest BCUT2D eigenvalue weighted by atomic mass is 16.6. The van der Waals surface area contributed by atoms with E-state index in [1.165, 1.54) is 0 Å². The first-order valence-corrected chi connectivity index (χ1v) is 6.90. The third kappa shape index (κ3) is 8.52. The average Bonchev–Trinajstić information content (AvgIpc) is 2.95. The molecule has 0 aliphatic carbocycles. The predicted octanol–water partition coefficient (Wildman–Crippen LogP) is 0.0464. The van der Waals surface area contributed by atoms with Crippen LogP contribution in [0, 0.1) is 5.92 Å². The van der Waals surface area contributed by atoms with E-state index in [-0.39, 0.29) is 6.04 Å². The molecule has 114 valence electrons. The number of ether oxygens (including phenoxy) is 5. The molecule has 6 heteroatoms. The monoisotopic (exact) mass is 277 g/mol. The van der Waals surface area contributed by atoms with Gasteiger partial charge in [0.25, 0.3) is 0 Å². The van der Waals surface area contributed by atoms with Gasteiger partial charge >= 0.3 is 0 Å². The van der Waals surface area contributed by atoms with E-state index in [0.717, 1.165) is 19.6 Å². The third-order valence-electron chi connectivity index (χ3n) is 3.06. The Hall–Kier alpha value is -0.240. The molecule has 1 heterocycles. The van der Waals surface area contributed by atoms with Crippen molar-refractivity contribution in [1.29, 1.82) is 0 Å². The van der Waals surface area contributed by atoms with Crippen molar-refractivity contribution >= 4 is 0 Å². The average molecular weight is 277 g/mol. The van der Waals surface area contributed by atoms with E-state index in [9.17, 15) is 0 Å². The summed E-state index contributed by atoms with van der Waals surface area (Å²) >= 11 is 0. The van der Waals surface area contributed by atoms with Crippen LogP contribution in [0.4, 0.5) is 0 Å². The Morgan fingerprint density at radius 1 is 1.05 bits per heavy atom. The number of rotatable bonds is 12. The minimum Gasteiger partial charge on any atom is -0.382 e. The van der Waals surface area contributed by atoms with Gasteiger partial charge in [-0.1, -0.05) is 0 Å². The highest BCUT2D eigenvalue weighted by Crippen LogP contribution is 2.15. The van der Waals surface area contributed by atoms with Crippen LogP contribution in [0.1, 0.15) is 6.42 Å². The highest BCUT2D eigenvalue weighted by Gasteiger charge is 2.22. The van der Waals surface area contributed by atoms with Crippen molar-refractivity contribution in [2.75, 3.05) is 66.6 Å². The number of hydrogen-bond donors (Lipinski definition) is 1. The second-order valence-corrected chi connectivity index (χ2v) is 4.58. The molecule has 0 bridgehead atoms. The fourth-order valence-electron chi connectivity index (χ4n) is 1.83. The molecule has 0 aromatic rings. The van der Waals surface area contributed by atoms with Crippen LogP contribution < -0.4 is 5.73 Å². The van der Waals surface area contributed by atoms with Gasteiger partial charge in [-0.05, 0) is 6.42 Å². The van der Waals surface area contributed by atoms with Crippen LogP contribution in [0.3, 0.4) is 0 Å². The van der Waals surface area contributed by atoms with E-state index in [0.29, 0.717) is 52.2 Å². The molecule has 1 rings (SSSR count). The minimum atomic E-state index is 0.0693. The smallest absolute Gasteiger partial charge is 0.0701 e. The summed E-state index contributed by atoms with van der Waals surface area (Å²) in [6.45, 7) is 5.69. The van der Waals surface area contributed by atoms with Crippen LogP contribution >= 0.6 is 0 Å². The standard InChI is InChI=1S/C13H27NO5/c1-15-4-5-16-6-7-17-8-9-19-11-13(14)12-2-3-18-10-12/h12-13H,2-11,14H2,1H3. The van der Waals surface area contributed by atoms with Crippen LogP contribution in [-0.4, -0.2) is 72.6 Å². The summed E-state index contributed by atoms with van der Waals surface area (Å²) in [5.74, 6) is 0.440. The maximum Gasteiger partial charge on any atom is 0.0701 e. The van der Waals surface area contributed by atoms with Crippen molar-refractivity contribution in [3.63, 3.8) is 0 Å². The van der Waals surface area contributed by atoms with E-state index in [1.807, 2.05) is 0 Å². The first-order chi connectivity index (χ1) is 9.34. The molecule has 0 amide bonds. The van der Waals surface area contributed by atoms with Gasteiger partial charge < -0.3 is 29.4 Å². The maximum absolute atomic E-state index is 6.01. The van der Waals surface area contributed by atoms with Gasteiger partial charge in [-0.15, -0.1) is 0 Å². The summed E-state index contributed by atoms with van der Waals surface area (Å²) in [6.07, 6.45) is 1.04. The summed E-state index contributed by atoms with van der Waals surface area (Å²) in [4.78, 5) is 0. The number of methoxy groups -OCH3 is 1. The van der Waals surface area contributed by atoms with E-state index in [4.69, 9.17) is 29.4 Å².